The van der Waals surface area contributed by atoms with Gasteiger partial charge in [-0.15, -0.1) is 0 Å². The quantitative estimate of drug-likeness (QED) is 0.869. The molecule has 2 amide bonds. The van der Waals surface area contributed by atoms with Crippen molar-refractivity contribution in [1.29, 1.82) is 0 Å². The lowest BCUT2D eigenvalue weighted by Gasteiger charge is -2.10. The summed E-state index contributed by atoms with van der Waals surface area (Å²) in [5.41, 5.74) is 1.90. The zero-order chi connectivity index (χ0) is 12.8. The summed E-state index contributed by atoms with van der Waals surface area (Å²) in [4.78, 5) is 19.5. The maximum absolute atomic E-state index is 11.8. The summed E-state index contributed by atoms with van der Waals surface area (Å²) in [7, 11) is 0. The van der Waals surface area contributed by atoms with E-state index in [0.717, 1.165) is 17.7 Å². The zero-order valence-electron chi connectivity index (χ0n) is 10.1. The molecular formula is C13H14N4O. The Kier molecular flexibility index (Phi) is 3.86. The van der Waals surface area contributed by atoms with E-state index in [1.54, 1.807) is 12.3 Å². The van der Waals surface area contributed by atoms with E-state index in [2.05, 4.69) is 20.6 Å². The van der Waals surface area contributed by atoms with Crippen LogP contribution in [0.1, 0.15) is 12.5 Å². The van der Waals surface area contributed by atoms with E-state index < -0.39 is 0 Å². The second-order valence-corrected chi connectivity index (χ2v) is 3.68. The van der Waals surface area contributed by atoms with Gasteiger partial charge in [-0.05, 0) is 24.1 Å². The summed E-state index contributed by atoms with van der Waals surface area (Å²) in [6.07, 6.45) is 3.82. The smallest absolute Gasteiger partial charge is 0.307 e. The number of amides is 2. The summed E-state index contributed by atoms with van der Waals surface area (Å²) < 4.78 is 0. The molecule has 2 aromatic rings. The number of rotatable bonds is 3. The van der Waals surface area contributed by atoms with Crippen molar-refractivity contribution >= 4 is 17.5 Å². The van der Waals surface area contributed by atoms with Gasteiger partial charge in [-0.25, -0.2) is 14.8 Å². The van der Waals surface area contributed by atoms with Crippen LogP contribution >= 0.6 is 0 Å². The fourth-order valence-electron chi connectivity index (χ4n) is 1.59. The van der Waals surface area contributed by atoms with Gasteiger partial charge in [0.25, 0.3) is 0 Å². The van der Waals surface area contributed by atoms with E-state index in [1.807, 2.05) is 31.2 Å². The zero-order valence-corrected chi connectivity index (χ0v) is 10.1. The Bertz CT molecular complexity index is 528. The van der Waals surface area contributed by atoms with Gasteiger partial charge in [0.2, 0.25) is 0 Å². The second-order valence-electron chi connectivity index (χ2n) is 3.68. The molecule has 0 aliphatic heterocycles. The molecule has 2 N–H and O–H groups in total. The number of aryl methyl sites for hydroxylation is 1. The van der Waals surface area contributed by atoms with Gasteiger partial charge in [-0.3, -0.25) is 5.32 Å². The molecule has 1 aromatic carbocycles. The Morgan fingerprint density at radius 2 is 2.06 bits per heavy atom. The molecule has 1 aromatic heterocycles. The molecule has 0 fully saturated rings. The van der Waals surface area contributed by atoms with Crippen molar-refractivity contribution in [2.75, 3.05) is 10.6 Å². The van der Waals surface area contributed by atoms with Crippen LogP contribution in [0.4, 0.5) is 16.3 Å². The summed E-state index contributed by atoms with van der Waals surface area (Å²) in [6, 6.07) is 9.02. The number of benzene rings is 1. The van der Waals surface area contributed by atoms with Crippen LogP contribution in [0.5, 0.6) is 0 Å². The molecule has 1 heterocycles. The van der Waals surface area contributed by atoms with E-state index in [9.17, 15) is 4.79 Å². The van der Waals surface area contributed by atoms with Crippen molar-refractivity contribution in [3.63, 3.8) is 0 Å². The molecule has 18 heavy (non-hydrogen) atoms. The standard InChI is InChI=1S/C13H14N4O/c1-2-10-5-3-4-6-11(10)16-13(18)17-12-7-8-14-9-15-12/h3-9H,2H2,1H3,(H2,14,15,16,17,18). The lowest BCUT2D eigenvalue weighted by Crippen LogP contribution is -2.20. The highest BCUT2D eigenvalue weighted by Gasteiger charge is 2.05. The van der Waals surface area contributed by atoms with Crippen LogP contribution in [0.3, 0.4) is 0 Å². The molecule has 0 aliphatic carbocycles. The van der Waals surface area contributed by atoms with E-state index in [-0.39, 0.29) is 6.03 Å². The normalized spacial score (nSPS) is 9.83. The number of nitrogens with zero attached hydrogens (tertiary/aromatic N) is 2. The van der Waals surface area contributed by atoms with Gasteiger partial charge in [0, 0.05) is 11.9 Å². The van der Waals surface area contributed by atoms with Gasteiger partial charge in [0.15, 0.2) is 0 Å². The Labute approximate surface area is 105 Å². The number of hydrogen-bond acceptors (Lipinski definition) is 3. The monoisotopic (exact) mass is 242 g/mol. The molecule has 2 rings (SSSR count). The van der Waals surface area contributed by atoms with Crippen molar-refractivity contribution in [3.8, 4) is 0 Å². The van der Waals surface area contributed by atoms with Crippen LogP contribution in [-0.2, 0) is 6.42 Å². The van der Waals surface area contributed by atoms with Crippen LogP contribution in [0.2, 0.25) is 0 Å². The summed E-state index contributed by atoms with van der Waals surface area (Å²) in [5.74, 6) is 0.469. The number of para-hydroxylation sites is 1. The van der Waals surface area contributed by atoms with E-state index in [1.165, 1.54) is 6.33 Å². The molecule has 5 heteroatoms. The van der Waals surface area contributed by atoms with E-state index >= 15 is 0 Å². The third kappa shape index (κ3) is 3.04. The second kappa shape index (κ2) is 5.77. The van der Waals surface area contributed by atoms with E-state index in [4.69, 9.17) is 0 Å². The number of nitrogens with one attached hydrogen (secondary N) is 2. The first kappa shape index (κ1) is 12.0. The molecule has 0 unspecified atom stereocenters. The highest BCUT2D eigenvalue weighted by molar-refractivity contribution is 5.99. The van der Waals surface area contributed by atoms with Crippen molar-refractivity contribution in [1.82, 2.24) is 9.97 Å². The Morgan fingerprint density at radius 3 is 2.78 bits per heavy atom. The highest BCUT2D eigenvalue weighted by atomic mass is 16.2. The summed E-state index contributed by atoms with van der Waals surface area (Å²) >= 11 is 0. The van der Waals surface area contributed by atoms with Crippen LogP contribution in [-0.4, -0.2) is 16.0 Å². The Balaban J connectivity index is 2.03. The fraction of sp³-hybridized carbons (Fsp3) is 0.154. The van der Waals surface area contributed by atoms with Crippen molar-refractivity contribution in [2.24, 2.45) is 0 Å². The highest BCUT2D eigenvalue weighted by Crippen LogP contribution is 2.15. The first-order valence-electron chi connectivity index (χ1n) is 5.71. The number of aromatic nitrogens is 2. The van der Waals surface area contributed by atoms with Crippen LogP contribution in [0.25, 0.3) is 0 Å². The lowest BCUT2D eigenvalue weighted by atomic mass is 10.1. The van der Waals surface area contributed by atoms with Crippen LogP contribution in [0, 0.1) is 0 Å². The van der Waals surface area contributed by atoms with Crippen LogP contribution < -0.4 is 10.6 Å². The first-order valence-corrected chi connectivity index (χ1v) is 5.71. The SMILES string of the molecule is CCc1ccccc1NC(=O)Nc1ccncn1. The first-order chi connectivity index (χ1) is 8.79. The predicted molar refractivity (Wildman–Crippen MR) is 70.5 cm³/mol. The third-order valence-electron chi connectivity index (χ3n) is 2.47. The summed E-state index contributed by atoms with van der Waals surface area (Å²) in [6.45, 7) is 2.04. The van der Waals surface area contributed by atoms with Gasteiger partial charge in [-0.2, -0.15) is 0 Å². The Hall–Kier alpha value is -2.43. The minimum atomic E-state index is -0.311. The largest absolute Gasteiger partial charge is 0.324 e. The predicted octanol–water partition coefficient (Wildman–Crippen LogP) is 2.68. The summed E-state index contributed by atoms with van der Waals surface area (Å²) in [5, 5.41) is 5.44. The number of carbonyl (C=O) groups excluding carboxylic acids is 1. The molecule has 0 saturated carbocycles. The van der Waals surface area contributed by atoms with Gasteiger partial charge in [0.05, 0.1) is 0 Å². The lowest BCUT2D eigenvalue weighted by molar-refractivity contribution is 0.262. The molecular weight excluding hydrogens is 228 g/mol. The van der Waals surface area contributed by atoms with E-state index in [0.29, 0.717) is 5.82 Å². The van der Waals surface area contributed by atoms with Crippen molar-refractivity contribution in [2.45, 2.75) is 13.3 Å². The minimum absolute atomic E-state index is 0.311. The maximum atomic E-state index is 11.8. The van der Waals surface area contributed by atoms with Crippen molar-refractivity contribution in [3.05, 3.63) is 48.4 Å². The molecule has 0 bridgehead atoms. The number of anilines is 2. The molecule has 0 saturated heterocycles. The third-order valence-corrected chi connectivity index (χ3v) is 2.47. The molecule has 0 spiro atoms. The molecule has 0 radical (unpaired) electrons. The minimum Gasteiger partial charge on any atom is -0.307 e. The molecule has 0 atom stereocenters. The molecule has 5 nitrogen and oxygen atoms in total. The van der Waals surface area contributed by atoms with Gasteiger partial charge in [-0.1, -0.05) is 25.1 Å². The van der Waals surface area contributed by atoms with Gasteiger partial charge >= 0.3 is 6.03 Å². The number of urea groups is 1. The average molecular weight is 242 g/mol. The Morgan fingerprint density at radius 1 is 1.22 bits per heavy atom. The molecule has 0 aliphatic rings. The number of carbonyl (C=O) groups is 1. The van der Waals surface area contributed by atoms with Gasteiger partial charge in [0.1, 0.15) is 12.1 Å². The average Bonchev–Trinajstić information content (AvgIpc) is 2.40. The maximum Gasteiger partial charge on any atom is 0.324 e. The topological polar surface area (TPSA) is 66.9 Å². The molecule has 92 valence electrons. The van der Waals surface area contributed by atoms with Gasteiger partial charge < -0.3 is 5.32 Å². The van der Waals surface area contributed by atoms with Crippen LogP contribution in [0.15, 0.2) is 42.9 Å². The number of hydrogen-bond donors (Lipinski definition) is 2. The fourth-order valence-corrected chi connectivity index (χ4v) is 1.59. The van der Waals surface area contributed by atoms with Crippen molar-refractivity contribution < 1.29 is 4.79 Å².